The van der Waals surface area contributed by atoms with Crippen molar-refractivity contribution in [1.82, 2.24) is 0 Å². The van der Waals surface area contributed by atoms with Crippen LogP contribution in [-0.2, 0) is 0 Å². The summed E-state index contributed by atoms with van der Waals surface area (Å²) in [4.78, 5) is 0. The standard InChI is InChI=1S/C45H92/c1-31(2)33(5,6)35(9,10)37(13,14)39(17,18)41(21,22)43(25,26)45(29,30)44(27,28)42(23,24)40(19,20)38(15,16)36(11,12)34(7,8)32(3)4/h31-32H,1-30H3. The van der Waals surface area contributed by atoms with Gasteiger partial charge in [-0.2, -0.15) is 0 Å². The summed E-state index contributed by atoms with van der Waals surface area (Å²) in [7, 11) is 0. The highest BCUT2D eigenvalue weighted by Gasteiger charge is 2.70. The van der Waals surface area contributed by atoms with E-state index in [-0.39, 0.29) is 70.4 Å². The Morgan fingerprint density at radius 1 is 0.178 bits per heavy atom. The Morgan fingerprint density at radius 2 is 0.267 bits per heavy atom. The molecule has 45 heavy (non-hydrogen) atoms. The second-order valence-corrected chi connectivity index (χ2v) is 23.6. The van der Waals surface area contributed by atoms with Crippen LogP contribution in [0.5, 0.6) is 0 Å². The predicted octanol–water partition coefficient (Wildman–Crippen LogP) is 15.6. The van der Waals surface area contributed by atoms with E-state index < -0.39 is 0 Å². The molecule has 0 nitrogen and oxygen atoms in total. The molecule has 0 atom stereocenters. The van der Waals surface area contributed by atoms with E-state index in [2.05, 4.69) is 208 Å². The molecule has 0 saturated heterocycles. The number of hydrogen-bond acceptors (Lipinski definition) is 0. The van der Waals surface area contributed by atoms with Gasteiger partial charge in [0.05, 0.1) is 0 Å². The lowest BCUT2D eigenvalue weighted by Gasteiger charge is -2.73. The summed E-state index contributed by atoms with van der Waals surface area (Å²) >= 11 is 0. The van der Waals surface area contributed by atoms with Gasteiger partial charge in [-0.05, 0) is 82.2 Å². The zero-order valence-corrected chi connectivity index (χ0v) is 37.7. The minimum Gasteiger partial charge on any atom is -0.0622 e. The first-order valence-corrected chi connectivity index (χ1v) is 18.9. The summed E-state index contributed by atoms with van der Waals surface area (Å²) in [5.41, 5.74) is 0.873. The Morgan fingerprint density at radius 3 is 0.356 bits per heavy atom. The van der Waals surface area contributed by atoms with Crippen LogP contribution >= 0.6 is 0 Å². The van der Waals surface area contributed by atoms with E-state index >= 15 is 0 Å². The lowest BCUT2D eigenvalue weighted by atomic mass is 9.31. The molecule has 0 aromatic rings. The van der Waals surface area contributed by atoms with Gasteiger partial charge in [-0.3, -0.25) is 0 Å². The Balaban J connectivity index is 7.52. The van der Waals surface area contributed by atoms with Gasteiger partial charge in [0.2, 0.25) is 0 Å². The van der Waals surface area contributed by atoms with Crippen molar-refractivity contribution in [3.05, 3.63) is 0 Å². The van der Waals surface area contributed by atoms with Crippen molar-refractivity contribution >= 4 is 0 Å². The molecule has 0 N–H and O–H groups in total. The largest absolute Gasteiger partial charge is 0.0622 e. The Kier molecular flexibility index (Phi) is 11.5. The second kappa shape index (κ2) is 11.5. The summed E-state index contributed by atoms with van der Waals surface area (Å²) in [6.07, 6.45) is 0. The highest BCUT2D eigenvalue weighted by Crippen LogP contribution is 2.76. The second-order valence-electron chi connectivity index (χ2n) is 23.6. The molecule has 0 aromatic carbocycles. The van der Waals surface area contributed by atoms with Crippen molar-refractivity contribution in [1.29, 1.82) is 0 Å². The van der Waals surface area contributed by atoms with Crippen LogP contribution < -0.4 is 0 Å². The van der Waals surface area contributed by atoms with Crippen LogP contribution in [0.25, 0.3) is 0 Å². The molecule has 0 aromatic heterocycles. The molecule has 0 spiro atoms. The molecule has 0 aliphatic carbocycles. The summed E-state index contributed by atoms with van der Waals surface area (Å²) in [6, 6.07) is 0. The highest BCUT2D eigenvalue weighted by molar-refractivity contribution is 5.18. The van der Waals surface area contributed by atoms with Crippen LogP contribution in [0.2, 0.25) is 0 Å². The SMILES string of the molecule is CC(C)C(C)(C)C(C)(C)C(C)(C)C(C)(C)C(C)(C)C(C)(C)C(C)(C)C(C)(C)C(C)(C)C(C)(C)C(C)(C)C(C)(C)C(C)(C)C(C)C. The molecular weight excluding hydrogens is 540 g/mol. The average molecular weight is 633 g/mol. The van der Waals surface area contributed by atoms with E-state index in [0.717, 1.165) is 0 Å². The highest BCUT2D eigenvalue weighted by atomic mass is 14.7. The fourth-order valence-corrected chi connectivity index (χ4v) is 10.1. The molecule has 0 radical (unpaired) electrons. The average Bonchev–Trinajstić information content (AvgIpc) is 2.81. The van der Waals surface area contributed by atoms with Gasteiger partial charge in [-0.15, -0.1) is 0 Å². The normalized spacial score (nSPS) is 17.1. The van der Waals surface area contributed by atoms with Gasteiger partial charge in [0.25, 0.3) is 0 Å². The number of hydrogen-bond donors (Lipinski definition) is 0. The minimum absolute atomic E-state index is 0.00309. The smallest absolute Gasteiger partial charge is 0.0241 e. The number of rotatable bonds is 14. The van der Waals surface area contributed by atoms with Crippen molar-refractivity contribution < 1.29 is 0 Å². The molecule has 0 aliphatic heterocycles. The molecule has 0 amide bonds. The zero-order valence-electron chi connectivity index (χ0n) is 37.7. The van der Waals surface area contributed by atoms with Crippen LogP contribution in [0.3, 0.4) is 0 Å². The molecule has 0 heterocycles. The molecule has 272 valence electrons. The lowest BCUT2D eigenvalue weighted by Crippen LogP contribution is -2.67. The molecule has 0 rings (SSSR count). The topological polar surface area (TPSA) is 0 Å². The summed E-state index contributed by atoms with van der Waals surface area (Å²) < 4.78 is 0. The molecule has 0 heteroatoms. The molecule has 0 fully saturated rings. The van der Waals surface area contributed by atoms with Crippen LogP contribution in [-0.4, -0.2) is 0 Å². The van der Waals surface area contributed by atoms with Crippen molar-refractivity contribution in [3.63, 3.8) is 0 Å². The Labute approximate surface area is 289 Å². The maximum atomic E-state index is 2.62. The summed E-state index contributed by atoms with van der Waals surface area (Å²) in [5, 5.41) is 0. The van der Waals surface area contributed by atoms with Gasteiger partial charge in [-0.1, -0.05) is 208 Å². The van der Waals surface area contributed by atoms with E-state index in [0.29, 0.717) is 11.8 Å². The van der Waals surface area contributed by atoms with E-state index in [4.69, 9.17) is 0 Å². The van der Waals surface area contributed by atoms with Gasteiger partial charge < -0.3 is 0 Å². The molecule has 0 unspecified atom stereocenters. The maximum absolute atomic E-state index is 2.62. The third-order valence-corrected chi connectivity index (χ3v) is 21.7. The first-order valence-electron chi connectivity index (χ1n) is 18.9. The summed E-state index contributed by atoms with van der Waals surface area (Å²) in [5.74, 6) is 1.20. The van der Waals surface area contributed by atoms with Crippen molar-refractivity contribution in [2.75, 3.05) is 0 Å². The molecule has 0 aliphatic rings. The van der Waals surface area contributed by atoms with Gasteiger partial charge in [0.15, 0.2) is 0 Å². The zero-order chi connectivity index (χ0) is 37.7. The van der Waals surface area contributed by atoms with E-state index in [1.165, 1.54) is 0 Å². The third kappa shape index (κ3) is 5.39. The fraction of sp³-hybridized carbons (Fsp3) is 1.00. The van der Waals surface area contributed by atoms with Crippen molar-refractivity contribution in [3.8, 4) is 0 Å². The Bertz CT molecular complexity index is 936. The molecule has 0 saturated carbocycles. The van der Waals surface area contributed by atoms with Gasteiger partial charge in [-0.25, -0.2) is 0 Å². The molecule has 0 bridgehead atoms. The van der Waals surface area contributed by atoms with Crippen molar-refractivity contribution in [2.45, 2.75) is 208 Å². The Hall–Kier alpha value is 0. The van der Waals surface area contributed by atoms with E-state index in [1.54, 1.807) is 0 Å². The van der Waals surface area contributed by atoms with E-state index in [1.807, 2.05) is 0 Å². The van der Waals surface area contributed by atoms with Gasteiger partial charge in [0.1, 0.15) is 0 Å². The predicted molar refractivity (Wildman–Crippen MR) is 209 cm³/mol. The minimum atomic E-state index is 0.00309. The van der Waals surface area contributed by atoms with Crippen LogP contribution in [0.1, 0.15) is 208 Å². The van der Waals surface area contributed by atoms with Crippen LogP contribution in [0, 0.1) is 82.2 Å². The molecular formula is C45H92. The van der Waals surface area contributed by atoms with Crippen LogP contribution in [0.15, 0.2) is 0 Å². The first kappa shape index (κ1) is 45.0. The monoisotopic (exact) mass is 633 g/mol. The van der Waals surface area contributed by atoms with Crippen molar-refractivity contribution in [2.24, 2.45) is 82.2 Å². The quantitative estimate of drug-likeness (QED) is 0.179. The maximum Gasteiger partial charge on any atom is -0.0241 e. The van der Waals surface area contributed by atoms with Gasteiger partial charge >= 0.3 is 0 Å². The lowest BCUT2D eigenvalue weighted by molar-refractivity contribution is -0.252. The first-order chi connectivity index (χ1) is 18.9. The van der Waals surface area contributed by atoms with Gasteiger partial charge in [0, 0.05) is 0 Å². The summed E-state index contributed by atoms with van der Waals surface area (Å²) in [6.45, 7) is 76.8. The fourth-order valence-electron chi connectivity index (χ4n) is 10.1. The van der Waals surface area contributed by atoms with Crippen LogP contribution in [0.4, 0.5) is 0 Å². The van der Waals surface area contributed by atoms with E-state index in [9.17, 15) is 0 Å². The third-order valence-electron chi connectivity index (χ3n) is 21.7.